The molecule has 10 aromatic rings. The van der Waals surface area contributed by atoms with Gasteiger partial charge >= 0.3 is 0 Å². The van der Waals surface area contributed by atoms with Gasteiger partial charge in [0.15, 0.2) is 0 Å². The van der Waals surface area contributed by atoms with Crippen LogP contribution in [-0.4, -0.2) is 4.98 Å². The molecule has 0 amide bonds. The van der Waals surface area contributed by atoms with Crippen LogP contribution in [0.2, 0.25) is 0 Å². The summed E-state index contributed by atoms with van der Waals surface area (Å²) in [6.07, 6.45) is 0. The zero-order chi connectivity index (χ0) is 35.8. The lowest BCUT2D eigenvalue weighted by atomic mass is 9.93. The normalized spacial score (nSPS) is 11.3. The molecule has 0 aliphatic heterocycles. The van der Waals surface area contributed by atoms with Crippen molar-refractivity contribution in [3.05, 3.63) is 206 Å². The van der Waals surface area contributed by atoms with Crippen LogP contribution in [0.25, 0.3) is 75.7 Å². The molecule has 0 aliphatic rings. The average molecular weight is 707 g/mol. The van der Waals surface area contributed by atoms with E-state index < -0.39 is 0 Å². The van der Waals surface area contributed by atoms with Gasteiger partial charge in [-0.15, -0.1) is 11.3 Å². The van der Waals surface area contributed by atoms with E-state index in [9.17, 15) is 0 Å². The summed E-state index contributed by atoms with van der Waals surface area (Å²) in [7, 11) is 0. The number of hydrogen-bond donors (Lipinski definition) is 0. The van der Waals surface area contributed by atoms with Crippen LogP contribution in [0.5, 0.6) is 0 Å². The maximum absolute atomic E-state index is 5.39. The molecule has 0 saturated carbocycles. The fourth-order valence-electron chi connectivity index (χ4n) is 7.60. The van der Waals surface area contributed by atoms with Gasteiger partial charge in [0.05, 0.1) is 10.2 Å². The van der Waals surface area contributed by atoms with Gasteiger partial charge < -0.3 is 4.90 Å². The van der Waals surface area contributed by atoms with Gasteiger partial charge in [-0.2, -0.15) is 0 Å². The number of para-hydroxylation sites is 2. The summed E-state index contributed by atoms with van der Waals surface area (Å²) in [6.45, 7) is 0. The van der Waals surface area contributed by atoms with Crippen LogP contribution in [-0.2, 0) is 0 Å². The summed E-state index contributed by atoms with van der Waals surface area (Å²) < 4.78 is 1.21. The molecule has 1 heterocycles. The number of nitrogens with zero attached hydrogens (tertiary/aromatic N) is 2. The van der Waals surface area contributed by atoms with Gasteiger partial charge in [0.2, 0.25) is 0 Å². The third-order valence-corrected chi connectivity index (χ3v) is 11.4. The Hall–Kier alpha value is -6.81. The predicted molar refractivity (Wildman–Crippen MR) is 231 cm³/mol. The molecule has 0 atom stereocenters. The summed E-state index contributed by atoms with van der Waals surface area (Å²) >= 11 is 1.78. The molecule has 3 heteroatoms. The van der Waals surface area contributed by atoms with Gasteiger partial charge in [-0.1, -0.05) is 140 Å². The van der Waals surface area contributed by atoms with Gasteiger partial charge in [-0.25, -0.2) is 4.98 Å². The second kappa shape index (κ2) is 13.6. The lowest BCUT2D eigenvalue weighted by Crippen LogP contribution is -2.09. The molecular formula is C51H34N2S. The van der Waals surface area contributed by atoms with Crippen LogP contribution in [0.3, 0.4) is 0 Å². The molecule has 54 heavy (non-hydrogen) atoms. The van der Waals surface area contributed by atoms with Gasteiger partial charge in [0, 0.05) is 33.4 Å². The summed E-state index contributed by atoms with van der Waals surface area (Å²) in [5.41, 5.74) is 12.8. The van der Waals surface area contributed by atoms with E-state index in [1.54, 1.807) is 11.3 Å². The third kappa shape index (κ3) is 5.81. The Morgan fingerprint density at radius 3 is 1.33 bits per heavy atom. The highest BCUT2D eigenvalue weighted by Crippen LogP contribution is 2.44. The molecule has 254 valence electrons. The van der Waals surface area contributed by atoms with Crippen molar-refractivity contribution in [1.82, 2.24) is 4.98 Å². The highest BCUT2D eigenvalue weighted by molar-refractivity contribution is 7.22. The summed E-state index contributed by atoms with van der Waals surface area (Å²) in [6, 6.07) is 73.9. The number of benzene rings is 9. The molecule has 10 rings (SSSR count). The fourth-order valence-corrected chi connectivity index (χ4v) is 8.72. The van der Waals surface area contributed by atoms with Crippen LogP contribution >= 0.6 is 11.3 Å². The topological polar surface area (TPSA) is 16.1 Å². The Bertz CT molecular complexity index is 2860. The zero-order valence-corrected chi connectivity index (χ0v) is 30.2. The second-order valence-electron chi connectivity index (χ2n) is 13.6. The Morgan fingerprint density at radius 2 is 0.741 bits per heavy atom. The van der Waals surface area contributed by atoms with Gasteiger partial charge in [-0.3, -0.25) is 0 Å². The fraction of sp³-hybridized carbons (Fsp3) is 0. The average Bonchev–Trinajstić information content (AvgIpc) is 3.71. The molecule has 0 saturated heterocycles. The number of aromatic nitrogens is 1. The minimum Gasteiger partial charge on any atom is -0.311 e. The van der Waals surface area contributed by atoms with E-state index in [0.717, 1.165) is 33.1 Å². The number of rotatable bonds is 7. The lowest BCUT2D eigenvalue weighted by molar-refractivity contribution is 1.28. The summed E-state index contributed by atoms with van der Waals surface area (Å²) in [5.74, 6) is 0. The first-order valence-corrected chi connectivity index (χ1v) is 19.1. The van der Waals surface area contributed by atoms with Crippen molar-refractivity contribution in [2.75, 3.05) is 4.90 Å². The Kier molecular flexibility index (Phi) is 8.05. The summed E-state index contributed by atoms with van der Waals surface area (Å²) in [5, 5.41) is 5.87. The molecule has 0 bridgehead atoms. The van der Waals surface area contributed by atoms with E-state index in [4.69, 9.17) is 4.98 Å². The minimum absolute atomic E-state index is 1.02. The number of fused-ring (bicyclic) bond motifs is 6. The first-order valence-electron chi connectivity index (χ1n) is 18.3. The number of thiazole rings is 1. The van der Waals surface area contributed by atoms with Crippen molar-refractivity contribution in [2.45, 2.75) is 0 Å². The first kappa shape index (κ1) is 31.9. The third-order valence-electron chi connectivity index (χ3n) is 10.3. The van der Waals surface area contributed by atoms with Crippen LogP contribution in [0.1, 0.15) is 0 Å². The molecule has 0 unspecified atom stereocenters. The van der Waals surface area contributed by atoms with Crippen LogP contribution in [0, 0.1) is 0 Å². The minimum atomic E-state index is 1.02. The van der Waals surface area contributed by atoms with Crippen molar-refractivity contribution in [1.29, 1.82) is 0 Å². The molecule has 9 aromatic carbocycles. The monoisotopic (exact) mass is 706 g/mol. The summed E-state index contributed by atoms with van der Waals surface area (Å²) in [4.78, 5) is 7.68. The molecular weight excluding hydrogens is 673 g/mol. The molecule has 0 radical (unpaired) electrons. The smallest absolute Gasteiger partial charge is 0.124 e. The maximum Gasteiger partial charge on any atom is 0.124 e. The van der Waals surface area contributed by atoms with Gasteiger partial charge in [0.1, 0.15) is 5.01 Å². The number of anilines is 3. The van der Waals surface area contributed by atoms with E-state index in [1.165, 1.54) is 59.6 Å². The first-order chi connectivity index (χ1) is 26.8. The second-order valence-corrected chi connectivity index (χ2v) is 14.6. The molecule has 0 fully saturated rings. The highest BCUT2D eigenvalue weighted by atomic mass is 32.1. The van der Waals surface area contributed by atoms with Crippen molar-refractivity contribution in [2.24, 2.45) is 0 Å². The molecule has 0 aliphatic carbocycles. The maximum atomic E-state index is 5.39. The highest BCUT2D eigenvalue weighted by Gasteiger charge is 2.18. The van der Waals surface area contributed by atoms with Crippen LogP contribution < -0.4 is 4.90 Å². The molecule has 1 aromatic heterocycles. The Labute approximate surface area is 318 Å². The van der Waals surface area contributed by atoms with Gasteiger partial charge in [0.25, 0.3) is 0 Å². The van der Waals surface area contributed by atoms with Crippen molar-refractivity contribution < 1.29 is 0 Å². The van der Waals surface area contributed by atoms with Crippen molar-refractivity contribution >= 4 is 60.2 Å². The number of hydrogen-bond acceptors (Lipinski definition) is 3. The van der Waals surface area contributed by atoms with E-state index >= 15 is 0 Å². The Balaban J connectivity index is 1.12. The molecule has 0 spiro atoms. The molecule has 0 N–H and O–H groups in total. The predicted octanol–water partition coefficient (Wildman–Crippen LogP) is 14.7. The van der Waals surface area contributed by atoms with Gasteiger partial charge in [-0.05, 0) is 111 Å². The Morgan fingerprint density at radius 1 is 0.315 bits per heavy atom. The lowest BCUT2D eigenvalue weighted by Gasteiger charge is -2.25. The quantitative estimate of drug-likeness (QED) is 0.153. The SMILES string of the molecule is c1ccc(-c2cccc(-c3ccc4c(c3)c3cc(-c5ccccc5)ccc3c3nc(-c5ccc(N(c6ccccc6)c6ccccc6)cc5)sc43)c2)cc1. The van der Waals surface area contributed by atoms with E-state index in [1.807, 2.05) is 0 Å². The van der Waals surface area contributed by atoms with Crippen LogP contribution in [0.4, 0.5) is 17.1 Å². The van der Waals surface area contributed by atoms with E-state index in [0.29, 0.717) is 0 Å². The van der Waals surface area contributed by atoms with Crippen molar-refractivity contribution in [3.63, 3.8) is 0 Å². The van der Waals surface area contributed by atoms with E-state index in [-0.39, 0.29) is 0 Å². The van der Waals surface area contributed by atoms with Crippen LogP contribution in [0.15, 0.2) is 206 Å². The zero-order valence-electron chi connectivity index (χ0n) is 29.4. The van der Waals surface area contributed by atoms with Crippen molar-refractivity contribution in [3.8, 4) is 44.0 Å². The largest absolute Gasteiger partial charge is 0.311 e. The molecule has 2 nitrogen and oxygen atoms in total. The van der Waals surface area contributed by atoms with E-state index in [2.05, 4.69) is 211 Å². The standard InChI is InChI=1S/C51H34N2S/c1-5-14-35(15-6-1)38-18-13-19-39(32-38)41-27-31-46-48(34-41)47-33-40(36-16-7-2-8-17-36)26-30-45(47)49-50(46)54-51(52-49)37-24-28-44(29-25-37)53(42-20-9-3-10-21-42)43-22-11-4-12-23-43/h1-34H.